The first-order valence-electron chi connectivity index (χ1n) is 6.51. The molecule has 0 aliphatic carbocycles. The van der Waals surface area contributed by atoms with Crippen LogP contribution in [0.2, 0.25) is 0 Å². The zero-order valence-electron chi connectivity index (χ0n) is 11.0. The second kappa shape index (κ2) is 4.90. The fraction of sp³-hybridized carbons (Fsp3) is 0.176. The summed E-state index contributed by atoms with van der Waals surface area (Å²) in [4.78, 5) is 0. The summed E-state index contributed by atoms with van der Waals surface area (Å²) in [7, 11) is 0. The van der Waals surface area contributed by atoms with E-state index in [1.165, 1.54) is 22.0 Å². The van der Waals surface area contributed by atoms with Crippen LogP contribution in [0.25, 0.3) is 10.9 Å². The molecule has 96 valence electrons. The van der Waals surface area contributed by atoms with Crippen molar-refractivity contribution in [1.29, 1.82) is 0 Å². The minimum Gasteiger partial charge on any atom is -0.392 e. The standard InChI is InChI=1S/C17H17NO/c1-13-10-18(11-14-6-3-2-4-7-14)16-9-5-8-15(12-19)17(13)16/h2-10,19H,11-12H2,1H3. The first kappa shape index (κ1) is 12.0. The Labute approximate surface area is 112 Å². The van der Waals surface area contributed by atoms with Crippen LogP contribution in [0.4, 0.5) is 0 Å². The van der Waals surface area contributed by atoms with Gasteiger partial charge >= 0.3 is 0 Å². The Morgan fingerprint density at radius 1 is 1.00 bits per heavy atom. The molecule has 0 amide bonds. The third-order valence-corrected chi connectivity index (χ3v) is 3.55. The highest BCUT2D eigenvalue weighted by Crippen LogP contribution is 2.25. The van der Waals surface area contributed by atoms with Crippen LogP contribution < -0.4 is 0 Å². The smallest absolute Gasteiger partial charge is 0.0688 e. The van der Waals surface area contributed by atoms with Gasteiger partial charge in [-0.2, -0.15) is 0 Å². The first-order valence-corrected chi connectivity index (χ1v) is 6.51. The van der Waals surface area contributed by atoms with Gasteiger partial charge < -0.3 is 9.67 Å². The van der Waals surface area contributed by atoms with Gasteiger partial charge in [0.15, 0.2) is 0 Å². The molecular weight excluding hydrogens is 234 g/mol. The highest BCUT2D eigenvalue weighted by atomic mass is 16.3. The van der Waals surface area contributed by atoms with Gasteiger partial charge in [-0.05, 0) is 29.7 Å². The first-order chi connectivity index (χ1) is 9.29. The molecule has 3 rings (SSSR count). The van der Waals surface area contributed by atoms with Gasteiger partial charge in [-0.1, -0.05) is 42.5 Å². The van der Waals surface area contributed by atoms with Crippen LogP contribution >= 0.6 is 0 Å². The maximum absolute atomic E-state index is 9.45. The topological polar surface area (TPSA) is 25.2 Å². The Balaban J connectivity index is 2.10. The number of rotatable bonds is 3. The van der Waals surface area contributed by atoms with Crippen LogP contribution in [0.3, 0.4) is 0 Å². The molecule has 3 aromatic rings. The van der Waals surface area contributed by atoms with Crippen molar-refractivity contribution in [2.75, 3.05) is 0 Å². The largest absolute Gasteiger partial charge is 0.392 e. The van der Waals surface area contributed by atoms with Crippen molar-refractivity contribution in [2.45, 2.75) is 20.1 Å². The normalized spacial score (nSPS) is 11.1. The van der Waals surface area contributed by atoms with E-state index in [2.05, 4.69) is 48.0 Å². The average Bonchev–Trinajstić information content (AvgIpc) is 2.77. The summed E-state index contributed by atoms with van der Waals surface area (Å²) in [6.07, 6.45) is 2.16. The molecule has 2 heteroatoms. The molecule has 2 aromatic carbocycles. The molecule has 1 aromatic heterocycles. The van der Waals surface area contributed by atoms with Crippen LogP contribution in [-0.4, -0.2) is 9.67 Å². The van der Waals surface area contributed by atoms with Crippen molar-refractivity contribution in [2.24, 2.45) is 0 Å². The number of hydrogen-bond donors (Lipinski definition) is 1. The molecule has 0 atom stereocenters. The summed E-state index contributed by atoms with van der Waals surface area (Å²) in [6.45, 7) is 3.05. The summed E-state index contributed by atoms with van der Waals surface area (Å²) < 4.78 is 2.25. The van der Waals surface area contributed by atoms with Crippen molar-refractivity contribution in [1.82, 2.24) is 4.57 Å². The number of benzene rings is 2. The van der Waals surface area contributed by atoms with Gasteiger partial charge in [0.2, 0.25) is 0 Å². The zero-order chi connectivity index (χ0) is 13.2. The summed E-state index contributed by atoms with van der Waals surface area (Å²) in [6, 6.07) is 16.5. The van der Waals surface area contributed by atoms with Gasteiger partial charge in [0.25, 0.3) is 0 Å². The Morgan fingerprint density at radius 3 is 2.53 bits per heavy atom. The van der Waals surface area contributed by atoms with E-state index >= 15 is 0 Å². The van der Waals surface area contributed by atoms with Gasteiger partial charge in [-0.25, -0.2) is 0 Å². The third kappa shape index (κ3) is 2.15. The predicted molar refractivity (Wildman–Crippen MR) is 78.1 cm³/mol. The van der Waals surface area contributed by atoms with E-state index in [9.17, 15) is 5.11 Å². The van der Waals surface area contributed by atoms with Crippen LogP contribution in [0.5, 0.6) is 0 Å². The van der Waals surface area contributed by atoms with Crippen molar-refractivity contribution >= 4 is 10.9 Å². The number of fused-ring (bicyclic) bond motifs is 1. The maximum atomic E-state index is 9.45. The zero-order valence-corrected chi connectivity index (χ0v) is 11.0. The number of aliphatic hydroxyl groups excluding tert-OH is 1. The Hall–Kier alpha value is -2.06. The highest BCUT2D eigenvalue weighted by Gasteiger charge is 2.09. The van der Waals surface area contributed by atoms with Crippen molar-refractivity contribution in [3.8, 4) is 0 Å². The molecule has 2 nitrogen and oxygen atoms in total. The number of aryl methyl sites for hydroxylation is 1. The summed E-state index contributed by atoms with van der Waals surface area (Å²) in [5, 5.41) is 10.6. The third-order valence-electron chi connectivity index (χ3n) is 3.55. The number of nitrogens with zero attached hydrogens (tertiary/aromatic N) is 1. The average molecular weight is 251 g/mol. The molecule has 19 heavy (non-hydrogen) atoms. The number of hydrogen-bond acceptors (Lipinski definition) is 1. The van der Waals surface area contributed by atoms with E-state index in [1.807, 2.05) is 18.2 Å². The van der Waals surface area contributed by atoms with E-state index in [0.717, 1.165) is 12.1 Å². The number of aliphatic hydroxyl groups is 1. The van der Waals surface area contributed by atoms with Crippen LogP contribution in [0.15, 0.2) is 54.7 Å². The molecule has 0 unspecified atom stereocenters. The molecule has 0 fully saturated rings. The fourth-order valence-electron chi connectivity index (χ4n) is 2.69. The summed E-state index contributed by atoms with van der Waals surface area (Å²) >= 11 is 0. The fourth-order valence-corrected chi connectivity index (χ4v) is 2.69. The molecule has 1 heterocycles. The summed E-state index contributed by atoms with van der Waals surface area (Å²) in [5.41, 5.74) is 4.69. The molecule has 1 N–H and O–H groups in total. The van der Waals surface area contributed by atoms with Crippen LogP contribution in [0, 0.1) is 6.92 Å². The van der Waals surface area contributed by atoms with Crippen molar-refractivity contribution in [3.63, 3.8) is 0 Å². The predicted octanol–water partition coefficient (Wildman–Crippen LogP) is 3.49. The molecule has 0 aliphatic heterocycles. The molecule has 0 bridgehead atoms. The molecule has 0 saturated carbocycles. The van der Waals surface area contributed by atoms with Crippen LogP contribution in [0.1, 0.15) is 16.7 Å². The van der Waals surface area contributed by atoms with E-state index in [1.54, 1.807) is 0 Å². The monoisotopic (exact) mass is 251 g/mol. The van der Waals surface area contributed by atoms with E-state index in [-0.39, 0.29) is 6.61 Å². The lowest BCUT2D eigenvalue weighted by Crippen LogP contribution is -1.97. The quantitative estimate of drug-likeness (QED) is 0.757. The van der Waals surface area contributed by atoms with E-state index < -0.39 is 0 Å². The molecule has 0 radical (unpaired) electrons. The summed E-state index contributed by atoms with van der Waals surface area (Å²) in [5.74, 6) is 0. The SMILES string of the molecule is Cc1cn(Cc2ccccc2)c2cccc(CO)c12. The van der Waals surface area contributed by atoms with Gasteiger partial charge in [0.1, 0.15) is 0 Å². The maximum Gasteiger partial charge on any atom is 0.0688 e. The van der Waals surface area contributed by atoms with Gasteiger partial charge in [-0.15, -0.1) is 0 Å². The van der Waals surface area contributed by atoms with Gasteiger partial charge in [-0.3, -0.25) is 0 Å². The molecule has 0 spiro atoms. The van der Waals surface area contributed by atoms with E-state index in [0.29, 0.717) is 0 Å². The van der Waals surface area contributed by atoms with Gasteiger partial charge in [0, 0.05) is 23.6 Å². The van der Waals surface area contributed by atoms with E-state index in [4.69, 9.17) is 0 Å². The number of aromatic nitrogens is 1. The lowest BCUT2D eigenvalue weighted by atomic mass is 10.1. The minimum atomic E-state index is 0.0908. The second-order valence-corrected chi connectivity index (χ2v) is 4.89. The van der Waals surface area contributed by atoms with Crippen molar-refractivity contribution < 1.29 is 5.11 Å². The Bertz CT molecular complexity index is 698. The highest BCUT2D eigenvalue weighted by molar-refractivity contribution is 5.87. The lowest BCUT2D eigenvalue weighted by molar-refractivity contribution is 0.283. The molecule has 0 aliphatic rings. The molecule has 0 saturated heterocycles. The molecular formula is C17H17NO. The lowest BCUT2D eigenvalue weighted by Gasteiger charge is -2.06. The van der Waals surface area contributed by atoms with Crippen LogP contribution in [-0.2, 0) is 13.2 Å². The Kier molecular flexibility index (Phi) is 3.10. The van der Waals surface area contributed by atoms with Gasteiger partial charge in [0.05, 0.1) is 6.61 Å². The Morgan fingerprint density at radius 2 is 1.79 bits per heavy atom. The second-order valence-electron chi connectivity index (χ2n) is 4.89. The minimum absolute atomic E-state index is 0.0908. The van der Waals surface area contributed by atoms with Crippen molar-refractivity contribution in [3.05, 3.63) is 71.4 Å².